The first kappa shape index (κ1) is 8.36. The van der Waals surface area contributed by atoms with Crippen LogP contribution in [0.4, 0.5) is 0 Å². The van der Waals surface area contributed by atoms with Crippen molar-refractivity contribution in [3.8, 4) is 0 Å². The molecule has 0 fully saturated rings. The van der Waals surface area contributed by atoms with Crippen LogP contribution in [0.25, 0.3) is 11.8 Å². The fourth-order valence-electron chi connectivity index (χ4n) is 2.08. The quantitative estimate of drug-likeness (QED) is 0.571. The fourth-order valence-corrected chi connectivity index (χ4v) is 2.08. The Balaban J connectivity index is 2.48. The highest BCUT2D eigenvalue weighted by Gasteiger charge is 2.25. The Morgan fingerprint density at radius 1 is 1.20 bits per heavy atom. The van der Waals surface area contributed by atoms with Gasteiger partial charge in [-0.3, -0.25) is 0 Å². The molecule has 2 nitrogen and oxygen atoms in total. The van der Waals surface area contributed by atoms with Gasteiger partial charge in [0.15, 0.2) is 0 Å². The van der Waals surface area contributed by atoms with Crippen molar-refractivity contribution in [1.29, 1.82) is 0 Å². The number of rotatable bonds is 0. The van der Waals surface area contributed by atoms with E-state index in [1.54, 1.807) is 6.20 Å². The second-order valence-corrected chi connectivity index (χ2v) is 3.70. The summed E-state index contributed by atoms with van der Waals surface area (Å²) in [5, 5.41) is 2.19. The van der Waals surface area contributed by atoms with Gasteiger partial charge in [0.2, 0.25) is 6.20 Å². The summed E-state index contributed by atoms with van der Waals surface area (Å²) < 4.78 is 0.959. The van der Waals surface area contributed by atoms with Crippen LogP contribution in [0.15, 0.2) is 48.2 Å². The smallest absolute Gasteiger partial charge is 0.0796 e. The van der Waals surface area contributed by atoms with E-state index < -0.39 is 0 Å². The molecule has 0 saturated carbocycles. The highest BCUT2D eigenvalue weighted by Crippen LogP contribution is 2.21. The molecule has 0 amide bonds. The lowest BCUT2D eigenvalue weighted by molar-refractivity contribution is -0.380. The molecule has 72 valence electrons. The molecule has 0 radical (unpaired) electrons. The molecule has 1 aromatic carbocycles. The van der Waals surface area contributed by atoms with Gasteiger partial charge in [-0.05, 0) is 17.7 Å². The van der Waals surface area contributed by atoms with E-state index in [1.165, 1.54) is 5.22 Å². The average molecular weight is 196 g/mol. The second kappa shape index (κ2) is 3.02. The first-order valence-electron chi connectivity index (χ1n) is 5.00. The third kappa shape index (κ3) is 1.18. The molecule has 0 unspecified atom stereocenters. The number of nitroso groups, excluding NO2 is 1. The number of hydrogen-bond acceptors (Lipinski definition) is 1. The van der Waals surface area contributed by atoms with E-state index in [0.717, 1.165) is 27.7 Å². The first-order valence-corrected chi connectivity index (χ1v) is 5.00. The molecular formula is C13H10NO+. The van der Waals surface area contributed by atoms with Crippen molar-refractivity contribution in [1.82, 2.24) is 0 Å². The normalized spacial score (nSPS) is 17.7. The van der Waals surface area contributed by atoms with Gasteiger partial charge < -0.3 is 0 Å². The molecule has 15 heavy (non-hydrogen) atoms. The molecule has 0 spiro atoms. The molecule has 1 heterocycles. The van der Waals surface area contributed by atoms with Crippen molar-refractivity contribution in [2.45, 2.75) is 6.42 Å². The monoisotopic (exact) mass is 196 g/mol. The zero-order valence-electron chi connectivity index (χ0n) is 8.18. The van der Waals surface area contributed by atoms with Crippen LogP contribution >= 0.6 is 0 Å². The largest absolute Gasteiger partial charge is 0.266 e. The molecule has 0 bridgehead atoms. The van der Waals surface area contributed by atoms with Crippen LogP contribution in [0.2, 0.25) is 0 Å². The van der Waals surface area contributed by atoms with Crippen molar-refractivity contribution < 1.29 is 4.76 Å². The van der Waals surface area contributed by atoms with E-state index in [4.69, 9.17) is 0 Å². The molecule has 0 aromatic heterocycles. The summed E-state index contributed by atoms with van der Waals surface area (Å²) in [6.07, 6.45) is 8.37. The maximum Gasteiger partial charge on any atom is 0.266 e. The van der Waals surface area contributed by atoms with E-state index in [9.17, 15) is 4.91 Å². The zero-order chi connectivity index (χ0) is 10.3. The number of benzene rings is 1. The Labute approximate surface area is 87.1 Å². The highest BCUT2D eigenvalue weighted by atomic mass is 16.3. The van der Waals surface area contributed by atoms with E-state index in [2.05, 4.69) is 12.1 Å². The molecule has 0 N–H and O–H groups in total. The lowest BCUT2D eigenvalue weighted by Gasteiger charge is -2.08. The molecule has 0 saturated heterocycles. The van der Waals surface area contributed by atoms with Gasteiger partial charge in [0.1, 0.15) is 0 Å². The van der Waals surface area contributed by atoms with Gasteiger partial charge in [-0.25, -0.2) is 0 Å². The molecule has 0 atom stereocenters. The van der Waals surface area contributed by atoms with Crippen LogP contribution in [0.5, 0.6) is 0 Å². The Hall–Kier alpha value is -1.96. The summed E-state index contributed by atoms with van der Waals surface area (Å²) in [6.45, 7) is 0. The third-order valence-corrected chi connectivity index (χ3v) is 2.80. The standard InChI is InChI=1S/C13H10NO/c15-14-9-10-5-1-2-6-11(10)12-7-3-4-8-13(12)14/h1-6,8-9H,7H2/q+1. The van der Waals surface area contributed by atoms with Crippen molar-refractivity contribution >= 4 is 11.8 Å². The van der Waals surface area contributed by atoms with E-state index in [-0.39, 0.29) is 0 Å². The van der Waals surface area contributed by atoms with E-state index >= 15 is 0 Å². The molecular weight excluding hydrogens is 186 g/mol. The average Bonchev–Trinajstić information content (AvgIpc) is 2.30. The van der Waals surface area contributed by atoms with Crippen molar-refractivity contribution in [2.75, 3.05) is 0 Å². The molecule has 2 heteroatoms. The minimum absolute atomic E-state index is 0.774. The Morgan fingerprint density at radius 3 is 3.00 bits per heavy atom. The summed E-state index contributed by atoms with van der Waals surface area (Å²) in [6, 6.07) is 8.01. The Kier molecular flexibility index (Phi) is 1.68. The van der Waals surface area contributed by atoms with Crippen LogP contribution < -0.4 is 10.4 Å². The fraction of sp³-hybridized carbons (Fsp3) is 0.0769. The van der Waals surface area contributed by atoms with E-state index in [1.807, 2.05) is 30.4 Å². The number of allylic oxidation sites excluding steroid dienone is 4. The molecule has 2 aliphatic rings. The number of hydrogen-bond donors (Lipinski definition) is 0. The van der Waals surface area contributed by atoms with Gasteiger partial charge in [-0.2, -0.15) is 0 Å². The minimum atomic E-state index is 0.774. The van der Waals surface area contributed by atoms with Crippen LogP contribution in [-0.2, 0) is 0 Å². The van der Waals surface area contributed by atoms with Gasteiger partial charge in [0.25, 0.3) is 5.70 Å². The van der Waals surface area contributed by atoms with Crippen LogP contribution in [0.3, 0.4) is 0 Å². The van der Waals surface area contributed by atoms with Gasteiger partial charge in [-0.1, -0.05) is 30.4 Å². The molecule has 1 aliphatic carbocycles. The van der Waals surface area contributed by atoms with Gasteiger partial charge in [0, 0.05) is 16.6 Å². The first-order chi connectivity index (χ1) is 7.36. The van der Waals surface area contributed by atoms with Gasteiger partial charge in [0.05, 0.1) is 9.98 Å². The van der Waals surface area contributed by atoms with Gasteiger partial charge in [-0.15, -0.1) is 0 Å². The van der Waals surface area contributed by atoms with Crippen molar-refractivity contribution in [3.05, 3.63) is 63.5 Å². The summed E-state index contributed by atoms with van der Waals surface area (Å²) in [5.41, 5.74) is 1.90. The summed E-state index contributed by atoms with van der Waals surface area (Å²) in [4.78, 5) is 11.7. The number of nitrogens with zero attached hydrogens (tertiary/aromatic N) is 1. The van der Waals surface area contributed by atoms with E-state index in [0.29, 0.717) is 0 Å². The Morgan fingerprint density at radius 2 is 2.07 bits per heavy atom. The topological polar surface area (TPSA) is 20.1 Å². The van der Waals surface area contributed by atoms with Crippen LogP contribution in [0.1, 0.15) is 6.42 Å². The van der Waals surface area contributed by atoms with Crippen molar-refractivity contribution in [3.63, 3.8) is 0 Å². The lowest BCUT2D eigenvalue weighted by Crippen LogP contribution is -2.33. The molecule has 3 rings (SSSR count). The predicted molar refractivity (Wildman–Crippen MR) is 59.0 cm³/mol. The Bertz CT molecular complexity index is 620. The second-order valence-electron chi connectivity index (χ2n) is 3.70. The molecule has 1 aromatic rings. The molecule has 1 aliphatic heterocycles. The summed E-state index contributed by atoms with van der Waals surface area (Å²) >= 11 is 0. The highest BCUT2D eigenvalue weighted by molar-refractivity contribution is 5.66. The third-order valence-electron chi connectivity index (χ3n) is 2.80. The van der Waals surface area contributed by atoms with Crippen LogP contribution in [0, 0.1) is 4.91 Å². The minimum Gasteiger partial charge on any atom is -0.0796 e. The van der Waals surface area contributed by atoms with Gasteiger partial charge >= 0.3 is 0 Å². The summed E-state index contributed by atoms with van der Waals surface area (Å²) in [5.74, 6) is 0. The summed E-state index contributed by atoms with van der Waals surface area (Å²) in [7, 11) is 0. The predicted octanol–water partition coefficient (Wildman–Crippen LogP) is 1.21. The SMILES string of the molecule is O=[N+]1C=c2ccccc2=C2CC=CC=C21. The zero-order valence-corrected chi connectivity index (χ0v) is 8.18. The lowest BCUT2D eigenvalue weighted by atomic mass is 9.98. The maximum absolute atomic E-state index is 11.7. The maximum atomic E-state index is 11.7. The number of fused-ring (bicyclic) bond motifs is 2. The van der Waals surface area contributed by atoms with Crippen molar-refractivity contribution in [2.24, 2.45) is 0 Å². The van der Waals surface area contributed by atoms with Crippen LogP contribution in [-0.4, -0.2) is 4.76 Å².